The molecule has 0 saturated carbocycles. The van der Waals surface area contributed by atoms with Crippen molar-refractivity contribution >= 4 is 28.6 Å². The Morgan fingerprint density at radius 3 is 2.64 bits per heavy atom. The van der Waals surface area contributed by atoms with E-state index in [1.807, 2.05) is 29.3 Å². The van der Waals surface area contributed by atoms with Gasteiger partial charge in [-0.25, -0.2) is 0 Å². The van der Waals surface area contributed by atoms with Gasteiger partial charge in [-0.1, -0.05) is 6.07 Å². The fourth-order valence-corrected chi connectivity index (χ4v) is 3.95. The van der Waals surface area contributed by atoms with Crippen molar-refractivity contribution in [2.24, 2.45) is 0 Å². The normalized spacial score (nSPS) is 15.2. The Balaban J connectivity index is 1.87. The number of carbonyl (C=O) groups excluding carboxylic acids is 1. The molecule has 1 amide bonds. The molecule has 1 saturated heterocycles. The van der Waals surface area contributed by atoms with E-state index in [9.17, 15) is 14.9 Å². The molecule has 2 aromatic rings. The Hall–Kier alpha value is -2.41. The predicted octanol–water partition coefficient (Wildman–Crippen LogP) is 4.09. The summed E-state index contributed by atoms with van der Waals surface area (Å²) in [6.45, 7) is 3.60. The summed E-state index contributed by atoms with van der Waals surface area (Å²) in [6, 6.07) is 8.67. The van der Waals surface area contributed by atoms with E-state index in [-0.39, 0.29) is 17.6 Å². The third kappa shape index (κ3) is 3.51. The number of hydrogen-bond acceptors (Lipinski definition) is 5. The van der Waals surface area contributed by atoms with Crippen LogP contribution >= 0.6 is 11.3 Å². The van der Waals surface area contributed by atoms with Crippen LogP contribution in [0.4, 0.5) is 11.4 Å². The Kier molecular flexibility index (Phi) is 5.03. The highest BCUT2D eigenvalue weighted by Crippen LogP contribution is 2.33. The fourth-order valence-electron chi connectivity index (χ4n) is 3.13. The minimum atomic E-state index is -0.396. The van der Waals surface area contributed by atoms with Crippen molar-refractivity contribution in [3.63, 3.8) is 0 Å². The second kappa shape index (κ2) is 7.23. The lowest BCUT2D eigenvalue weighted by molar-refractivity contribution is -0.384. The largest absolute Gasteiger partial charge is 0.366 e. The first-order valence-corrected chi connectivity index (χ1v) is 9.21. The molecular formula is C18H21N3O3S. The van der Waals surface area contributed by atoms with Gasteiger partial charge < -0.3 is 9.80 Å². The summed E-state index contributed by atoms with van der Waals surface area (Å²) >= 11 is 1.59. The molecule has 25 heavy (non-hydrogen) atoms. The standard InChI is InChI=1S/C18H21N3O3S/c1-13(17-6-5-11-25-17)19(2)18(22)14-7-8-15(16(12-14)21(23)24)20-9-3-4-10-20/h5-8,11-13H,3-4,9-10H2,1-2H3/t13-/m0/s1. The van der Waals surface area contributed by atoms with E-state index in [0.717, 1.165) is 30.8 Å². The van der Waals surface area contributed by atoms with E-state index < -0.39 is 4.92 Å². The first kappa shape index (κ1) is 17.4. The summed E-state index contributed by atoms with van der Waals surface area (Å²) in [5, 5.41) is 13.5. The molecule has 1 aliphatic heterocycles. The molecule has 6 nitrogen and oxygen atoms in total. The van der Waals surface area contributed by atoms with E-state index in [0.29, 0.717) is 11.3 Å². The summed E-state index contributed by atoms with van der Waals surface area (Å²) in [5.41, 5.74) is 0.957. The van der Waals surface area contributed by atoms with E-state index in [2.05, 4.69) is 0 Å². The van der Waals surface area contributed by atoms with Crippen LogP contribution < -0.4 is 4.90 Å². The van der Waals surface area contributed by atoms with Crippen LogP contribution in [0.15, 0.2) is 35.7 Å². The minimum Gasteiger partial charge on any atom is -0.366 e. The van der Waals surface area contributed by atoms with Crippen molar-refractivity contribution in [2.75, 3.05) is 25.0 Å². The van der Waals surface area contributed by atoms with Gasteiger partial charge in [0.1, 0.15) is 5.69 Å². The lowest BCUT2D eigenvalue weighted by Crippen LogP contribution is -2.29. The number of thiophene rings is 1. The van der Waals surface area contributed by atoms with E-state index in [1.165, 1.54) is 6.07 Å². The summed E-state index contributed by atoms with van der Waals surface area (Å²) < 4.78 is 0. The maximum atomic E-state index is 12.8. The number of amides is 1. The SMILES string of the molecule is C[C@@H](c1cccs1)N(C)C(=O)c1ccc(N2CCCC2)c([N+](=O)[O-])c1. The fraction of sp³-hybridized carbons (Fsp3) is 0.389. The molecular weight excluding hydrogens is 338 g/mol. The Morgan fingerprint density at radius 1 is 1.32 bits per heavy atom. The van der Waals surface area contributed by atoms with Crippen LogP contribution in [0, 0.1) is 10.1 Å². The zero-order valence-corrected chi connectivity index (χ0v) is 15.2. The molecule has 2 heterocycles. The maximum absolute atomic E-state index is 12.8. The van der Waals surface area contributed by atoms with Gasteiger partial charge in [-0.3, -0.25) is 14.9 Å². The molecule has 0 bridgehead atoms. The van der Waals surface area contributed by atoms with Crippen LogP contribution in [-0.2, 0) is 0 Å². The molecule has 0 N–H and O–H groups in total. The highest BCUT2D eigenvalue weighted by Gasteiger charge is 2.26. The highest BCUT2D eigenvalue weighted by molar-refractivity contribution is 7.10. The van der Waals surface area contributed by atoms with Crippen LogP contribution in [-0.4, -0.2) is 35.9 Å². The van der Waals surface area contributed by atoms with Gasteiger partial charge in [-0.15, -0.1) is 11.3 Å². The molecule has 132 valence electrons. The van der Waals surface area contributed by atoms with Gasteiger partial charge in [0.25, 0.3) is 11.6 Å². The Bertz CT molecular complexity index is 770. The van der Waals surface area contributed by atoms with Crippen LogP contribution in [0.5, 0.6) is 0 Å². The van der Waals surface area contributed by atoms with Crippen molar-refractivity contribution in [3.05, 3.63) is 56.3 Å². The summed E-state index contributed by atoms with van der Waals surface area (Å²) in [6.07, 6.45) is 2.08. The number of nitro groups is 1. The lowest BCUT2D eigenvalue weighted by Gasteiger charge is -2.24. The second-order valence-corrected chi connectivity index (χ2v) is 7.24. The van der Waals surface area contributed by atoms with Crippen LogP contribution in [0.3, 0.4) is 0 Å². The van der Waals surface area contributed by atoms with Crippen LogP contribution in [0.1, 0.15) is 41.0 Å². The smallest absolute Gasteiger partial charge is 0.293 e. The minimum absolute atomic E-state index is 0.00456. The molecule has 1 aliphatic rings. The number of nitro benzene ring substituents is 1. The summed E-state index contributed by atoms with van der Waals surface area (Å²) in [5.74, 6) is -0.211. The molecule has 0 unspecified atom stereocenters. The first-order valence-electron chi connectivity index (χ1n) is 8.33. The van der Waals surface area contributed by atoms with Crippen LogP contribution in [0.25, 0.3) is 0 Å². The second-order valence-electron chi connectivity index (χ2n) is 6.26. The van der Waals surface area contributed by atoms with E-state index in [4.69, 9.17) is 0 Å². The van der Waals surface area contributed by atoms with Gasteiger partial charge in [-0.2, -0.15) is 0 Å². The molecule has 7 heteroatoms. The molecule has 0 spiro atoms. The highest BCUT2D eigenvalue weighted by atomic mass is 32.1. The number of carbonyl (C=O) groups is 1. The third-order valence-electron chi connectivity index (χ3n) is 4.72. The van der Waals surface area contributed by atoms with Crippen molar-refractivity contribution in [3.8, 4) is 0 Å². The van der Waals surface area contributed by atoms with E-state index in [1.54, 1.807) is 35.4 Å². The van der Waals surface area contributed by atoms with Crippen molar-refractivity contribution in [2.45, 2.75) is 25.8 Å². The average molecular weight is 359 g/mol. The van der Waals surface area contributed by atoms with Crippen molar-refractivity contribution in [1.29, 1.82) is 0 Å². The maximum Gasteiger partial charge on any atom is 0.293 e. The molecule has 3 rings (SSSR count). The quantitative estimate of drug-likeness (QED) is 0.596. The zero-order chi connectivity index (χ0) is 18.0. The van der Waals surface area contributed by atoms with Gasteiger partial charge in [0, 0.05) is 36.6 Å². The van der Waals surface area contributed by atoms with Gasteiger partial charge in [0.05, 0.1) is 11.0 Å². The predicted molar refractivity (Wildman–Crippen MR) is 99.4 cm³/mol. The van der Waals surface area contributed by atoms with Crippen LogP contribution in [0.2, 0.25) is 0 Å². The number of rotatable bonds is 5. The monoisotopic (exact) mass is 359 g/mol. The summed E-state index contributed by atoms with van der Waals surface area (Å²) in [4.78, 5) is 28.6. The number of nitrogens with zero attached hydrogens (tertiary/aromatic N) is 3. The molecule has 1 atom stereocenters. The average Bonchev–Trinajstić information content (AvgIpc) is 3.32. The summed E-state index contributed by atoms with van der Waals surface area (Å²) in [7, 11) is 1.73. The Labute approximate surface area is 150 Å². The van der Waals surface area contributed by atoms with Gasteiger partial charge in [0.2, 0.25) is 0 Å². The van der Waals surface area contributed by atoms with Gasteiger partial charge >= 0.3 is 0 Å². The van der Waals surface area contributed by atoms with E-state index >= 15 is 0 Å². The lowest BCUT2D eigenvalue weighted by atomic mass is 10.1. The molecule has 1 aromatic carbocycles. The van der Waals surface area contributed by atoms with Gasteiger partial charge in [-0.05, 0) is 43.3 Å². The zero-order valence-electron chi connectivity index (χ0n) is 14.3. The van der Waals surface area contributed by atoms with Crippen molar-refractivity contribution in [1.82, 2.24) is 4.90 Å². The molecule has 1 aromatic heterocycles. The Morgan fingerprint density at radius 2 is 2.04 bits per heavy atom. The molecule has 1 fully saturated rings. The number of hydrogen-bond donors (Lipinski definition) is 0. The number of anilines is 1. The number of benzene rings is 1. The topological polar surface area (TPSA) is 66.7 Å². The third-order valence-corrected chi connectivity index (χ3v) is 5.76. The van der Waals surface area contributed by atoms with Crippen molar-refractivity contribution < 1.29 is 9.72 Å². The first-order chi connectivity index (χ1) is 12.0. The molecule has 0 radical (unpaired) electrons. The molecule has 0 aliphatic carbocycles. The van der Waals surface area contributed by atoms with Gasteiger partial charge in [0.15, 0.2) is 0 Å².